The highest BCUT2D eigenvalue weighted by molar-refractivity contribution is 5.94. The third kappa shape index (κ3) is 3.20. The number of benzene rings is 2. The summed E-state index contributed by atoms with van der Waals surface area (Å²) in [5.74, 6) is 0.0670. The fraction of sp³-hybridized carbons (Fsp3) is 0.316. The van der Waals surface area contributed by atoms with Crippen LogP contribution >= 0.6 is 0 Å². The monoisotopic (exact) mass is 297 g/mol. The number of aliphatic hydroxyl groups is 1. The highest BCUT2D eigenvalue weighted by Gasteiger charge is 2.12. The summed E-state index contributed by atoms with van der Waals surface area (Å²) in [4.78, 5) is 14.1. The van der Waals surface area contributed by atoms with E-state index in [1.165, 1.54) is 0 Å². The van der Waals surface area contributed by atoms with Crippen molar-refractivity contribution < 1.29 is 9.90 Å². The van der Waals surface area contributed by atoms with Crippen molar-refractivity contribution in [3.8, 4) is 11.1 Å². The van der Waals surface area contributed by atoms with Gasteiger partial charge >= 0.3 is 0 Å². The second-order valence-corrected chi connectivity index (χ2v) is 5.30. The minimum Gasteiger partial charge on any atom is -0.392 e. The predicted octanol–water partition coefficient (Wildman–Crippen LogP) is 3.64. The van der Waals surface area contributed by atoms with Gasteiger partial charge in [-0.1, -0.05) is 30.3 Å². The molecular formula is C19H23NO2. The molecule has 3 heteroatoms. The number of nitrogens with zero attached hydrogens (tertiary/aromatic N) is 1. The number of aliphatic hydroxyl groups excluding tert-OH is 1. The van der Waals surface area contributed by atoms with Crippen molar-refractivity contribution in [1.29, 1.82) is 0 Å². The van der Waals surface area contributed by atoms with Crippen LogP contribution in [0.4, 0.5) is 0 Å². The van der Waals surface area contributed by atoms with E-state index in [1.807, 2.05) is 68.1 Å². The van der Waals surface area contributed by atoms with E-state index in [0.717, 1.165) is 35.3 Å². The Morgan fingerprint density at radius 2 is 1.68 bits per heavy atom. The molecule has 0 aliphatic carbocycles. The third-order valence-corrected chi connectivity index (χ3v) is 4.11. The number of hydrogen-bond acceptors (Lipinski definition) is 2. The van der Waals surface area contributed by atoms with Crippen LogP contribution in [0.2, 0.25) is 0 Å². The zero-order valence-electron chi connectivity index (χ0n) is 13.5. The van der Waals surface area contributed by atoms with Crippen molar-refractivity contribution in [3.05, 3.63) is 59.2 Å². The summed E-state index contributed by atoms with van der Waals surface area (Å²) in [6, 6.07) is 13.6. The van der Waals surface area contributed by atoms with Crippen LogP contribution in [0, 0.1) is 6.92 Å². The highest BCUT2D eigenvalue weighted by Crippen LogP contribution is 2.26. The lowest BCUT2D eigenvalue weighted by atomic mass is 9.96. The first-order valence-electron chi connectivity index (χ1n) is 7.71. The molecule has 0 aromatic heterocycles. The van der Waals surface area contributed by atoms with Gasteiger partial charge in [-0.2, -0.15) is 0 Å². The summed E-state index contributed by atoms with van der Waals surface area (Å²) in [7, 11) is 0. The minimum absolute atomic E-state index is 0.0399. The lowest BCUT2D eigenvalue weighted by molar-refractivity contribution is 0.0773. The number of carbonyl (C=O) groups is 1. The van der Waals surface area contributed by atoms with Crippen molar-refractivity contribution in [2.24, 2.45) is 0 Å². The summed E-state index contributed by atoms with van der Waals surface area (Å²) in [6.45, 7) is 7.45. The summed E-state index contributed by atoms with van der Waals surface area (Å²) in [5.41, 5.74) is 4.87. The van der Waals surface area contributed by atoms with E-state index < -0.39 is 0 Å². The predicted molar refractivity (Wildman–Crippen MR) is 89.8 cm³/mol. The van der Waals surface area contributed by atoms with Crippen LogP contribution in [0.15, 0.2) is 42.5 Å². The van der Waals surface area contributed by atoms with Crippen molar-refractivity contribution in [2.75, 3.05) is 13.1 Å². The quantitative estimate of drug-likeness (QED) is 0.915. The molecule has 1 amide bonds. The minimum atomic E-state index is 0.0399. The van der Waals surface area contributed by atoms with Crippen LogP contribution in [0.3, 0.4) is 0 Å². The number of amides is 1. The Hall–Kier alpha value is -2.13. The molecule has 22 heavy (non-hydrogen) atoms. The first-order valence-corrected chi connectivity index (χ1v) is 7.71. The summed E-state index contributed by atoms with van der Waals surface area (Å²) < 4.78 is 0. The van der Waals surface area contributed by atoms with Crippen molar-refractivity contribution in [2.45, 2.75) is 27.4 Å². The van der Waals surface area contributed by atoms with Gasteiger partial charge in [-0.3, -0.25) is 4.79 Å². The molecule has 3 nitrogen and oxygen atoms in total. The largest absolute Gasteiger partial charge is 0.392 e. The smallest absolute Gasteiger partial charge is 0.253 e. The molecule has 0 fully saturated rings. The maximum Gasteiger partial charge on any atom is 0.253 e. The Morgan fingerprint density at radius 1 is 1.05 bits per heavy atom. The fourth-order valence-electron chi connectivity index (χ4n) is 2.65. The Morgan fingerprint density at radius 3 is 2.23 bits per heavy atom. The Balaban J connectivity index is 2.32. The molecule has 116 valence electrons. The zero-order chi connectivity index (χ0) is 16.1. The molecule has 0 unspecified atom stereocenters. The first-order chi connectivity index (χ1) is 10.6. The first kappa shape index (κ1) is 16.2. The van der Waals surface area contributed by atoms with Gasteiger partial charge in [0.25, 0.3) is 5.91 Å². The van der Waals surface area contributed by atoms with Crippen LogP contribution in [-0.2, 0) is 6.61 Å². The number of hydrogen-bond donors (Lipinski definition) is 1. The topological polar surface area (TPSA) is 40.5 Å². The molecule has 0 aliphatic heterocycles. The Kier molecular flexibility index (Phi) is 5.34. The van der Waals surface area contributed by atoms with E-state index in [9.17, 15) is 9.90 Å². The lowest BCUT2D eigenvalue weighted by Gasteiger charge is -2.18. The average molecular weight is 297 g/mol. The number of rotatable bonds is 5. The van der Waals surface area contributed by atoms with E-state index in [1.54, 1.807) is 0 Å². The SMILES string of the molecule is CCN(CC)C(=O)c1ccc(-c2cccc(CO)c2C)cc1. The molecule has 1 N–H and O–H groups in total. The summed E-state index contributed by atoms with van der Waals surface area (Å²) >= 11 is 0. The molecule has 2 rings (SSSR count). The number of carbonyl (C=O) groups excluding carboxylic acids is 1. The summed E-state index contributed by atoms with van der Waals surface area (Å²) in [6.07, 6.45) is 0. The second kappa shape index (κ2) is 7.23. The van der Waals surface area contributed by atoms with Gasteiger partial charge in [0.05, 0.1) is 6.61 Å². The van der Waals surface area contributed by atoms with E-state index in [-0.39, 0.29) is 12.5 Å². The second-order valence-electron chi connectivity index (χ2n) is 5.30. The van der Waals surface area contributed by atoms with Crippen molar-refractivity contribution in [3.63, 3.8) is 0 Å². The molecule has 0 saturated heterocycles. The molecule has 2 aromatic carbocycles. The van der Waals surface area contributed by atoms with Gasteiger partial charge in [-0.15, -0.1) is 0 Å². The van der Waals surface area contributed by atoms with E-state index in [2.05, 4.69) is 0 Å². The van der Waals surface area contributed by atoms with Gasteiger partial charge in [0.15, 0.2) is 0 Å². The normalized spacial score (nSPS) is 10.5. The molecule has 2 aromatic rings. The van der Waals surface area contributed by atoms with Crippen LogP contribution < -0.4 is 0 Å². The third-order valence-electron chi connectivity index (χ3n) is 4.11. The molecule has 0 saturated carbocycles. The molecular weight excluding hydrogens is 274 g/mol. The average Bonchev–Trinajstić information content (AvgIpc) is 2.56. The van der Waals surface area contributed by atoms with Crippen molar-refractivity contribution >= 4 is 5.91 Å². The molecule has 0 heterocycles. The van der Waals surface area contributed by atoms with Gasteiger partial charge in [0.2, 0.25) is 0 Å². The van der Waals surface area contributed by atoms with E-state index >= 15 is 0 Å². The zero-order valence-corrected chi connectivity index (χ0v) is 13.5. The van der Waals surface area contributed by atoms with Crippen LogP contribution in [0.5, 0.6) is 0 Å². The van der Waals surface area contributed by atoms with E-state index in [0.29, 0.717) is 5.56 Å². The van der Waals surface area contributed by atoms with Crippen LogP contribution in [0.1, 0.15) is 35.3 Å². The molecule has 0 atom stereocenters. The Labute approximate surface area is 132 Å². The van der Waals surface area contributed by atoms with Gasteiger partial charge in [0, 0.05) is 18.7 Å². The maximum absolute atomic E-state index is 12.3. The van der Waals surface area contributed by atoms with Gasteiger partial charge < -0.3 is 10.0 Å². The van der Waals surface area contributed by atoms with Crippen molar-refractivity contribution in [1.82, 2.24) is 4.90 Å². The fourth-order valence-corrected chi connectivity index (χ4v) is 2.65. The lowest BCUT2D eigenvalue weighted by Crippen LogP contribution is -2.30. The molecule has 0 spiro atoms. The highest BCUT2D eigenvalue weighted by atomic mass is 16.3. The molecule has 0 radical (unpaired) electrons. The van der Waals surface area contributed by atoms with Gasteiger partial charge in [-0.25, -0.2) is 0 Å². The van der Waals surface area contributed by atoms with Gasteiger partial charge in [-0.05, 0) is 55.2 Å². The maximum atomic E-state index is 12.3. The molecule has 0 bridgehead atoms. The van der Waals surface area contributed by atoms with Crippen LogP contribution in [-0.4, -0.2) is 29.0 Å². The van der Waals surface area contributed by atoms with Crippen LogP contribution in [0.25, 0.3) is 11.1 Å². The molecule has 0 aliphatic rings. The van der Waals surface area contributed by atoms with Gasteiger partial charge in [0.1, 0.15) is 0 Å². The summed E-state index contributed by atoms with van der Waals surface area (Å²) in [5, 5.41) is 9.37. The standard InChI is InChI=1S/C19H23NO2/c1-4-20(5-2)19(22)16-11-9-15(10-12-16)18-8-6-7-17(13-21)14(18)3/h6-12,21H,4-5,13H2,1-3H3. The Bertz CT molecular complexity index is 643. The van der Waals surface area contributed by atoms with E-state index in [4.69, 9.17) is 0 Å².